The summed E-state index contributed by atoms with van der Waals surface area (Å²) in [5.41, 5.74) is 2.22. The molecule has 0 aromatic heterocycles. The number of halogens is 1. The maximum atomic E-state index is 12.4. The minimum atomic E-state index is -0.299. The Morgan fingerprint density at radius 2 is 1.79 bits per heavy atom. The molecule has 8 nitrogen and oxygen atoms in total. The van der Waals surface area contributed by atoms with Gasteiger partial charge in [0.15, 0.2) is 0 Å². The van der Waals surface area contributed by atoms with Gasteiger partial charge in [0, 0.05) is 36.5 Å². The fourth-order valence-corrected chi connectivity index (χ4v) is 3.54. The molecular weight excluding hydrogens is 444 g/mol. The van der Waals surface area contributed by atoms with E-state index in [9.17, 15) is 14.4 Å². The van der Waals surface area contributed by atoms with Crippen molar-refractivity contribution in [3.8, 4) is 0 Å². The van der Waals surface area contributed by atoms with Crippen molar-refractivity contribution in [1.82, 2.24) is 5.32 Å². The number of nitrogens with one attached hydrogen (secondary N) is 4. The first kappa shape index (κ1) is 24.5. The van der Waals surface area contributed by atoms with Crippen LogP contribution in [0.15, 0.2) is 42.5 Å². The van der Waals surface area contributed by atoms with Gasteiger partial charge in [-0.3, -0.25) is 14.4 Å². The van der Waals surface area contributed by atoms with Gasteiger partial charge in [-0.25, -0.2) is 0 Å². The molecule has 176 valence electrons. The average molecular weight is 473 g/mol. The quantitative estimate of drug-likeness (QED) is 0.417. The van der Waals surface area contributed by atoms with Gasteiger partial charge in [-0.1, -0.05) is 18.5 Å². The Labute approximate surface area is 198 Å². The molecule has 3 amide bonds. The van der Waals surface area contributed by atoms with Gasteiger partial charge < -0.3 is 26.0 Å². The molecule has 3 rings (SSSR count). The molecule has 1 heterocycles. The Morgan fingerprint density at radius 1 is 1.03 bits per heavy atom. The topological polar surface area (TPSA) is 109 Å². The SMILES string of the molecule is CCCC(=O)Nc1ccc(Cl)c(NC(=O)CNc2ccc(C(=O)NCC3CCCO3)cc2)c1. The normalized spacial score (nSPS) is 15.0. The Hall–Kier alpha value is -3.10. The zero-order valence-electron chi connectivity index (χ0n) is 18.6. The molecule has 1 fully saturated rings. The first-order valence-electron chi connectivity index (χ1n) is 11.1. The smallest absolute Gasteiger partial charge is 0.251 e. The van der Waals surface area contributed by atoms with Gasteiger partial charge in [0.05, 0.1) is 23.4 Å². The fraction of sp³-hybridized carbons (Fsp3) is 0.375. The monoisotopic (exact) mass is 472 g/mol. The van der Waals surface area contributed by atoms with Crippen LogP contribution in [0.3, 0.4) is 0 Å². The summed E-state index contributed by atoms with van der Waals surface area (Å²) >= 11 is 6.18. The van der Waals surface area contributed by atoms with Crippen molar-refractivity contribution in [2.24, 2.45) is 0 Å². The number of hydrogen-bond acceptors (Lipinski definition) is 5. The summed E-state index contributed by atoms with van der Waals surface area (Å²) in [6.07, 6.45) is 3.25. The molecule has 1 aliphatic rings. The maximum Gasteiger partial charge on any atom is 0.251 e. The first-order chi connectivity index (χ1) is 15.9. The molecule has 2 aromatic carbocycles. The fourth-order valence-electron chi connectivity index (χ4n) is 3.38. The molecule has 1 aliphatic heterocycles. The van der Waals surface area contributed by atoms with E-state index in [4.69, 9.17) is 16.3 Å². The zero-order valence-corrected chi connectivity index (χ0v) is 19.3. The van der Waals surface area contributed by atoms with Crippen LogP contribution in [0.2, 0.25) is 5.02 Å². The lowest BCUT2D eigenvalue weighted by molar-refractivity contribution is -0.116. The van der Waals surface area contributed by atoms with E-state index in [2.05, 4.69) is 21.3 Å². The predicted octanol–water partition coefficient (Wildman–Crippen LogP) is 4.04. The maximum absolute atomic E-state index is 12.4. The van der Waals surface area contributed by atoms with Gasteiger partial charge in [-0.15, -0.1) is 0 Å². The van der Waals surface area contributed by atoms with Crippen LogP contribution < -0.4 is 21.3 Å². The van der Waals surface area contributed by atoms with E-state index in [0.717, 1.165) is 25.9 Å². The van der Waals surface area contributed by atoms with Gasteiger partial charge in [0.1, 0.15) is 0 Å². The number of carbonyl (C=O) groups excluding carboxylic acids is 3. The molecule has 0 radical (unpaired) electrons. The third-order valence-electron chi connectivity index (χ3n) is 5.12. The molecule has 0 bridgehead atoms. The van der Waals surface area contributed by atoms with Crippen LogP contribution in [0.4, 0.5) is 17.1 Å². The summed E-state index contributed by atoms with van der Waals surface area (Å²) in [7, 11) is 0. The number of benzene rings is 2. The van der Waals surface area contributed by atoms with E-state index in [0.29, 0.717) is 40.6 Å². The number of hydrogen-bond donors (Lipinski definition) is 4. The first-order valence-corrected chi connectivity index (χ1v) is 11.5. The predicted molar refractivity (Wildman–Crippen MR) is 130 cm³/mol. The number of ether oxygens (including phenoxy) is 1. The second kappa shape index (κ2) is 12.2. The molecule has 0 spiro atoms. The van der Waals surface area contributed by atoms with Crippen LogP contribution in [-0.2, 0) is 14.3 Å². The van der Waals surface area contributed by atoms with Crippen LogP contribution in [0.5, 0.6) is 0 Å². The van der Waals surface area contributed by atoms with E-state index in [1.165, 1.54) is 0 Å². The summed E-state index contributed by atoms with van der Waals surface area (Å²) in [5.74, 6) is -0.551. The summed E-state index contributed by atoms with van der Waals surface area (Å²) in [6.45, 7) is 3.19. The van der Waals surface area contributed by atoms with Crippen LogP contribution in [-0.4, -0.2) is 43.5 Å². The zero-order chi connectivity index (χ0) is 23.6. The van der Waals surface area contributed by atoms with Crippen LogP contribution in [0.1, 0.15) is 43.0 Å². The molecule has 33 heavy (non-hydrogen) atoms. The van der Waals surface area contributed by atoms with E-state index < -0.39 is 0 Å². The standard InChI is InChI=1S/C24H29ClN4O4/c1-2-4-22(30)28-18-10-11-20(25)21(13-18)29-23(31)15-26-17-8-6-16(7-9-17)24(32)27-14-19-5-3-12-33-19/h6-11,13,19,26H,2-5,12,14-15H2,1H3,(H,27,32)(H,28,30)(H,29,31). The number of anilines is 3. The molecule has 2 aromatic rings. The summed E-state index contributed by atoms with van der Waals surface area (Å²) < 4.78 is 5.51. The Kier molecular flexibility index (Phi) is 9.09. The summed E-state index contributed by atoms with van der Waals surface area (Å²) in [5, 5.41) is 11.8. The second-order valence-electron chi connectivity index (χ2n) is 7.82. The Morgan fingerprint density at radius 3 is 2.48 bits per heavy atom. The molecule has 0 aliphatic carbocycles. The Bertz CT molecular complexity index is 975. The van der Waals surface area contributed by atoms with Crippen molar-refractivity contribution in [2.75, 3.05) is 35.6 Å². The minimum Gasteiger partial charge on any atom is -0.376 e. The lowest BCUT2D eigenvalue weighted by Crippen LogP contribution is -2.31. The highest BCUT2D eigenvalue weighted by atomic mass is 35.5. The van der Waals surface area contributed by atoms with Crippen LogP contribution in [0.25, 0.3) is 0 Å². The molecule has 1 saturated heterocycles. The number of amides is 3. The molecule has 1 unspecified atom stereocenters. The lowest BCUT2D eigenvalue weighted by atomic mass is 10.2. The van der Waals surface area contributed by atoms with Gasteiger partial charge in [-0.05, 0) is 61.7 Å². The number of rotatable bonds is 10. The van der Waals surface area contributed by atoms with Gasteiger partial charge in [0.25, 0.3) is 5.91 Å². The summed E-state index contributed by atoms with van der Waals surface area (Å²) in [6, 6.07) is 11.8. The van der Waals surface area contributed by atoms with E-state index in [-0.39, 0.29) is 30.4 Å². The van der Waals surface area contributed by atoms with Gasteiger partial charge in [-0.2, -0.15) is 0 Å². The van der Waals surface area contributed by atoms with Gasteiger partial charge in [0.2, 0.25) is 11.8 Å². The van der Waals surface area contributed by atoms with E-state index in [1.807, 2.05) is 6.92 Å². The molecule has 4 N–H and O–H groups in total. The molecular formula is C24H29ClN4O4. The van der Waals surface area contributed by atoms with Crippen molar-refractivity contribution < 1.29 is 19.1 Å². The van der Waals surface area contributed by atoms with Crippen molar-refractivity contribution in [2.45, 2.75) is 38.7 Å². The highest BCUT2D eigenvalue weighted by Crippen LogP contribution is 2.25. The van der Waals surface area contributed by atoms with Crippen molar-refractivity contribution in [3.05, 3.63) is 53.1 Å². The van der Waals surface area contributed by atoms with Crippen LogP contribution >= 0.6 is 11.6 Å². The molecule has 0 saturated carbocycles. The number of carbonyl (C=O) groups is 3. The minimum absolute atomic E-state index is 0.00725. The molecule has 1 atom stereocenters. The summed E-state index contributed by atoms with van der Waals surface area (Å²) in [4.78, 5) is 36.4. The average Bonchev–Trinajstić information content (AvgIpc) is 3.32. The highest BCUT2D eigenvalue weighted by molar-refractivity contribution is 6.33. The Balaban J connectivity index is 1.47. The third-order valence-corrected chi connectivity index (χ3v) is 5.45. The van der Waals surface area contributed by atoms with E-state index >= 15 is 0 Å². The van der Waals surface area contributed by atoms with Crippen molar-refractivity contribution in [3.63, 3.8) is 0 Å². The van der Waals surface area contributed by atoms with Crippen LogP contribution in [0, 0.1) is 0 Å². The highest BCUT2D eigenvalue weighted by Gasteiger charge is 2.16. The van der Waals surface area contributed by atoms with Crippen molar-refractivity contribution in [1.29, 1.82) is 0 Å². The lowest BCUT2D eigenvalue weighted by Gasteiger charge is -2.12. The third kappa shape index (κ3) is 7.76. The van der Waals surface area contributed by atoms with Gasteiger partial charge >= 0.3 is 0 Å². The van der Waals surface area contributed by atoms with Crippen molar-refractivity contribution >= 4 is 46.4 Å². The second-order valence-corrected chi connectivity index (χ2v) is 8.22. The molecule has 9 heteroatoms. The van der Waals surface area contributed by atoms with E-state index in [1.54, 1.807) is 42.5 Å². The largest absolute Gasteiger partial charge is 0.376 e.